The summed E-state index contributed by atoms with van der Waals surface area (Å²) in [6.45, 7) is 11.8. The molecule has 8 nitrogen and oxygen atoms in total. The molecule has 1 aromatic rings. The molecule has 0 heterocycles. The monoisotopic (exact) mass is 558 g/mol. The van der Waals surface area contributed by atoms with Crippen molar-refractivity contribution < 1.29 is 38.1 Å². The quantitative estimate of drug-likeness (QED) is 0.0596. The van der Waals surface area contributed by atoms with Crippen LogP contribution < -0.4 is 0 Å². The number of rotatable bonds is 18. The summed E-state index contributed by atoms with van der Waals surface area (Å²) >= 11 is 0. The lowest BCUT2D eigenvalue weighted by Crippen LogP contribution is -2.15. The Hall–Kier alpha value is -3.42. The van der Waals surface area contributed by atoms with Gasteiger partial charge in [0.05, 0.1) is 35.5 Å². The van der Waals surface area contributed by atoms with Crippen molar-refractivity contribution in [1.29, 1.82) is 0 Å². The second-order valence-electron chi connectivity index (χ2n) is 9.64. The molecule has 0 saturated heterocycles. The lowest BCUT2D eigenvalue weighted by molar-refractivity contribution is -0.140. The lowest BCUT2D eigenvalue weighted by Gasteiger charge is -2.14. The molecule has 0 atom stereocenters. The Kier molecular flexibility index (Phi) is 17.0. The van der Waals surface area contributed by atoms with E-state index in [0.29, 0.717) is 26.1 Å². The van der Waals surface area contributed by atoms with E-state index in [9.17, 15) is 19.2 Å². The second kappa shape index (κ2) is 19.6. The highest BCUT2D eigenvalue weighted by Crippen LogP contribution is 2.21. The SMILES string of the molecule is CCCCOC(=O)C(C)=C(CCCC)OC(=O)c1cccc(C(=O)OC(CCCC)=C(C)C(=O)OCCCC)c1. The Morgan fingerprint density at radius 3 is 1.32 bits per heavy atom. The van der Waals surface area contributed by atoms with Crippen LogP contribution in [0.15, 0.2) is 46.9 Å². The summed E-state index contributed by atoms with van der Waals surface area (Å²) in [7, 11) is 0. The van der Waals surface area contributed by atoms with Crippen LogP contribution in [-0.2, 0) is 28.5 Å². The van der Waals surface area contributed by atoms with Crippen LogP contribution in [-0.4, -0.2) is 37.1 Å². The normalized spacial score (nSPS) is 12.2. The summed E-state index contributed by atoms with van der Waals surface area (Å²) < 4.78 is 21.8. The number of carbonyl (C=O) groups is 4. The van der Waals surface area contributed by atoms with E-state index < -0.39 is 23.9 Å². The number of benzene rings is 1. The first-order valence-corrected chi connectivity index (χ1v) is 14.5. The molecule has 0 aliphatic heterocycles. The van der Waals surface area contributed by atoms with Crippen LogP contribution >= 0.6 is 0 Å². The van der Waals surface area contributed by atoms with E-state index in [1.165, 1.54) is 18.2 Å². The van der Waals surface area contributed by atoms with Gasteiger partial charge >= 0.3 is 23.9 Å². The van der Waals surface area contributed by atoms with Crippen molar-refractivity contribution in [2.45, 2.75) is 106 Å². The molecule has 0 saturated carbocycles. The molecule has 0 spiro atoms. The molecule has 0 bridgehead atoms. The van der Waals surface area contributed by atoms with Gasteiger partial charge in [-0.2, -0.15) is 0 Å². The van der Waals surface area contributed by atoms with Gasteiger partial charge in [0, 0.05) is 12.8 Å². The lowest BCUT2D eigenvalue weighted by atomic mass is 10.1. The first-order valence-electron chi connectivity index (χ1n) is 14.5. The predicted molar refractivity (Wildman–Crippen MR) is 153 cm³/mol. The van der Waals surface area contributed by atoms with E-state index in [4.69, 9.17) is 18.9 Å². The molecular weight excluding hydrogens is 512 g/mol. The number of allylic oxidation sites excluding steroid dienone is 2. The van der Waals surface area contributed by atoms with Crippen molar-refractivity contribution in [2.75, 3.05) is 13.2 Å². The number of hydrogen-bond acceptors (Lipinski definition) is 8. The predicted octanol–water partition coefficient (Wildman–Crippen LogP) is 7.62. The third-order valence-electron chi connectivity index (χ3n) is 6.19. The molecular formula is C32H46O8. The zero-order chi connectivity index (χ0) is 29.9. The number of esters is 4. The number of unbranched alkanes of at least 4 members (excludes halogenated alkanes) is 4. The summed E-state index contributed by atoms with van der Waals surface area (Å²) in [4.78, 5) is 51.0. The summed E-state index contributed by atoms with van der Waals surface area (Å²) in [5.41, 5.74) is 0.761. The minimum atomic E-state index is -0.695. The van der Waals surface area contributed by atoms with E-state index in [1.54, 1.807) is 19.9 Å². The van der Waals surface area contributed by atoms with Crippen molar-refractivity contribution >= 4 is 23.9 Å². The molecule has 0 radical (unpaired) electrons. The van der Waals surface area contributed by atoms with Crippen LogP contribution in [0.5, 0.6) is 0 Å². The Bertz CT molecular complexity index is 972. The van der Waals surface area contributed by atoms with Gasteiger partial charge in [-0.25, -0.2) is 19.2 Å². The largest absolute Gasteiger partial charge is 0.462 e. The number of hydrogen-bond donors (Lipinski definition) is 0. The van der Waals surface area contributed by atoms with E-state index >= 15 is 0 Å². The smallest absolute Gasteiger partial charge is 0.343 e. The maximum Gasteiger partial charge on any atom is 0.343 e. The van der Waals surface area contributed by atoms with Crippen LogP contribution in [0.3, 0.4) is 0 Å². The molecule has 1 aromatic carbocycles. The van der Waals surface area contributed by atoms with Crippen LogP contribution in [0, 0.1) is 0 Å². The summed E-state index contributed by atoms with van der Waals surface area (Å²) in [5, 5.41) is 0. The molecule has 0 N–H and O–H groups in total. The summed E-state index contributed by atoms with van der Waals surface area (Å²) in [6, 6.07) is 5.98. The topological polar surface area (TPSA) is 105 Å². The zero-order valence-electron chi connectivity index (χ0n) is 25.1. The van der Waals surface area contributed by atoms with Gasteiger partial charge in [0.2, 0.25) is 0 Å². The minimum Gasteiger partial charge on any atom is -0.462 e. The van der Waals surface area contributed by atoms with Crippen molar-refractivity contribution in [1.82, 2.24) is 0 Å². The average molecular weight is 559 g/mol. The van der Waals surface area contributed by atoms with Gasteiger partial charge in [-0.15, -0.1) is 0 Å². The fraction of sp³-hybridized carbons (Fsp3) is 0.562. The second-order valence-corrected chi connectivity index (χ2v) is 9.64. The van der Waals surface area contributed by atoms with Crippen LogP contribution in [0.1, 0.15) is 126 Å². The van der Waals surface area contributed by atoms with Gasteiger partial charge in [0.25, 0.3) is 0 Å². The van der Waals surface area contributed by atoms with Crippen molar-refractivity contribution in [3.63, 3.8) is 0 Å². The Morgan fingerprint density at radius 2 is 0.975 bits per heavy atom. The molecule has 0 unspecified atom stereocenters. The Labute approximate surface area is 239 Å². The third-order valence-corrected chi connectivity index (χ3v) is 6.19. The highest BCUT2D eigenvalue weighted by molar-refractivity contribution is 5.97. The van der Waals surface area contributed by atoms with E-state index in [2.05, 4.69) is 0 Å². The molecule has 0 aromatic heterocycles. The molecule has 0 fully saturated rings. The van der Waals surface area contributed by atoms with E-state index in [-0.39, 0.29) is 33.8 Å². The number of carbonyl (C=O) groups excluding carboxylic acids is 4. The summed E-state index contributed by atoms with van der Waals surface area (Å²) in [6.07, 6.45) is 7.23. The highest BCUT2D eigenvalue weighted by atomic mass is 16.6. The molecule has 0 aliphatic rings. The first kappa shape index (κ1) is 34.6. The van der Waals surface area contributed by atoms with E-state index in [0.717, 1.165) is 51.4 Å². The average Bonchev–Trinajstić information content (AvgIpc) is 2.96. The van der Waals surface area contributed by atoms with E-state index in [1.807, 2.05) is 27.7 Å². The van der Waals surface area contributed by atoms with Crippen LogP contribution in [0.25, 0.3) is 0 Å². The first-order chi connectivity index (χ1) is 19.2. The molecule has 0 amide bonds. The maximum atomic E-state index is 13.0. The molecule has 8 heteroatoms. The van der Waals surface area contributed by atoms with Crippen molar-refractivity contribution in [3.8, 4) is 0 Å². The highest BCUT2D eigenvalue weighted by Gasteiger charge is 2.21. The summed E-state index contributed by atoms with van der Waals surface area (Å²) in [5.74, 6) is -1.91. The van der Waals surface area contributed by atoms with Crippen LogP contribution in [0.2, 0.25) is 0 Å². The molecule has 0 aliphatic carbocycles. The Balaban J connectivity index is 3.13. The van der Waals surface area contributed by atoms with Crippen LogP contribution in [0.4, 0.5) is 0 Å². The molecule has 1 rings (SSSR count). The van der Waals surface area contributed by atoms with Gasteiger partial charge in [0.1, 0.15) is 11.5 Å². The minimum absolute atomic E-state index is 0.130. The van der Waals surface area contributed by atoms with Gasteiger partial charge in [-0.3, -0.25) is 0 Å². The van der Waals surface area contributed by atoms with Gasteiger partial charge in [0.15, 0.2) is 0 Å². The third kappa shape index (κ3) is 12.2. The van der Waals surface area contributed by atoms with Crippen molar-refractivity contribution in [2.24, 2.45) is 0 Å². The van der Waals surface area contributed by atoms with Gasteiger partial charge < -0.3 is 18.9 Å². The fourth-order valence-electron chi connectivity index (χ4n) is 3.48. The molecule has 40 heavy (non-hydrogen) atoms. The standard InChI is InChI=1S/C32H46O8/c1-7-11-18-27(23(5)29(33)37-20-13-9-3)39-31(35)25-16-15-17-26(22-25)32(36)40-28(19-12-8-2)24(6)30(34)38-21-14-10-4/h15-17,22H,7-14,18-21H2,1-6H3. The number of ether oxygens (including phenoxy) is 4. The molecule has 222 valence electrons. The van der Waals surface area contributed by atoms with Gasteiger partial charge in [-0.05, 0) is 57.7 Å². The maximum absolute atomic E-state index is 13.0. The fourth-order valence-corrected chi connectivity index (χ4v) is 3.48. The Morgan fingerprint density at radius 1 is 0.600 bits per heavy atom. The van der Waals surface area contributed by atoms with Gasteiger partial charge in [-0.1, -0.05) is 59.4 Å². The zero-order valence-corrected chi connectivity index (χ0v) is 25.1. The van der Waals surface area contributed by atoms with Crippen molar-refractivity contribution in [3.05, 3.63) is 58.1 Å².